The van der Waals surface area contributed by atoms with Gasteiger partial charge < -0.3 is 4.74 Å². The first-order valence-electron chi connectivity index (χ1n) is 10.0. The molecular formula is C25H24N2O. The molecule has 2 heterocycles. The van der Waals surface area contributed by atoms with E-state index in [-0.39, 0.29) is 12.3 Å². The van der Waals surface area contributed by atoms with Gasteiger partial charge in [0.1, 0.15) is 5.75 Å². The SMILES string of the molecule is CCc1ccc(C2=NN3[C@H](C2)c2ccccc2O[C@@H]3c2ccccc2C)cc1. The van der Waals surface area contributed by atoms with E-state index in [1.807, 2.05) is 6.07 Å². The topological polar surface area (TPSA) is 24.8 Å². The van der Waals surface area contributed by atoms with Crippen LogP contribution >= 0.6 is 0 Å². The van der Waals surface area contributed by atoms with Gasteiger partial charge in [0.05, 0.1) is 11.8 Å². The number of nitrogens with zero attached hydrogens (tertiary/aromatic N) is 2. The second kappa shape index (κ2) is 6.83. The minimum absolute atomic E-state index is 0.200. The van der Waals surface area contributed by atoms with E-state index in [0.29, 0.717) is 0 Å². The summed E-state index contributed by atoms with van der Waals surface area (Å²) >= 11 is 0. The summed E-state index contributed by atoms with van der Waals surface area (Å²) in [5.41, 5.74) is 7.30. The van der Waals surface area contributed by atoms with Crippen LogP contribution in [0.4, 0.5) is 0 Å². The summed E-state index contributed by atoms with van der Waals surface area (Å²) in [6, 6.07) is 25.8. The highest BCUT2D eigenvalue weighted by Gasteiger charge is 2.41. The van der Waals surface area contributed by atoms with Gasteiger partial charge in [0.15, 0.2) is 0 Å². The van der Waals surface area contributed by atoms with Crippen LogP contribution in [-0.2, 0) is 6.42 Å². The number of para-hydroxylation sites is 1. The summed E-state index contributed by atoms with van der Waals surface area (Å²) in [6.07, 6.45) is 1.75. The Balaban J connectivity index is 1.58. The van der Waals surface area contributed by atoms with Crippen LogP contribution in [0.3, 0.4) is 0 Å². The maximum atomic E-state index is 6.45. The van der Waals surface area contributed by atoms with Gasteiger partial charge in [-0.3, -0.25) is 0 Å². The second-order valence-electron chi connectivity index (χ2n) is 7.56. The van der Waals surface area contributed by atoms with Gasteiger partial charge in [0.2, 0.25) is 6.23 Å². The van der Waals surface area contributed by atoms with Gasteiger partial charge in [-0.05, 0) is 36.1 Å². The Morgan fingerprint density at radius 2 is 1.64 bits per heavy atom. The predicted molar refractivity (Wildman–Crippen MR) is 113 cm³/mol. The smallest absolute Gasteiger partial charge is 0.214 e. The summed E-state index contributed by atoms with van der Waals surface area (Å²) in [5.74, 6) is 0.967. The fraction of sp³-hybridized carbons (Fsp3) is 0.240. The molecule has 2 aliphatic rings. The number of fused-ring (bicyclic) bond motifs is 3. The Morgan fingerprint density at radius 3 is 2.39 bits per heavy atom. The first kappa shape index (κ1) is 17.1. The lowest BCUT2D eigenvalue weighted by Crippen LogP contribution is -2.34. The highest BCUT2D eigenvalue weighted by Crippen LogP contribution is 2.47. The molecule has 0 N–H and O–H groups in total. The minimum Gasteiger partial charge on any atom is -0.464 e. The highest BCUT2D eigenvalue weighted by molar-refractivity contribution is 6.02. The number of benzene rings is 3. The Labute approximate surface area is 166 Å². The highest BCUT2D eigenvalue weighted by atomic mass is 16.5. The predicted octanol–water partition coefficient (Wildman–Crippen LogP) is 5.80. The molecule has 0 bridgehead atoms. The third kappa shape index (κ3) is 2.78. The first-order valence-corrected chi connectivity index (χ1v) is 10.0. The van der Waals surface area contributed by atoms with E-state index in [2.05, 4.69) is 85.6 Å². The summed E-state index contributed by atoms with van der Waals surface area (Å²) < 4.78 is 6.45. The van der Waals surface area contributed by atoms with Crippen LogP contribution in [0.1, 0.15) is 53.4 Å². The van der Waals surface area contributed by atoms with Gasteiger partial charge in [-0.25, -0.2) is 5.01 Å². The van der Waals surface area contributed by atoms with Crippen LogP contribution in [0.2, 0.25) is 0 Å². The number of hydrogen-bond acceptors (Lipinski definition) is 3. The molecule has 3 heteroatoms. The zero-order valence-electron chi connectivity index (χ0n) is 16.3. The molecule has 28 heavy (non-hydrogen) atoms. The molecule has 0 aromatic heterocycles. The molecule has 2 aliphatic heterocycles. The third-order valence-electron chi connectivity index (χ3n) is 5.85. The lowest BCUT2D eigenvalue weighted by atomic mass is 9.95. The van der Waals surface area contributed by atoms with E-state index >= 15 is 0 Å². The summed E-state index contributed by atoms with van der Waals surface area (Å²) in [4.78, 5) is 0. The molecule has 0 radical (unpaired) electrons. The van der Waals surface area contributed by atoms with Crippen LogP contribution in [0.15, 0.2) is 77.9 Å². The maximum absolute atomic E-state index is 6.45. The average Bonchev–Trinajstić information content (AvgIpc) is 3.19. The Kier molecular flexibility index (Phi) is 4.16. The van der Waals surface area contributed by atoms with Crippen molar-refractivity contribution in [1.82, 2.24) is 5.01 Å². The zero-order valence-corrected chi connectivity index (χ0v) is 16.3. The van der Waals surface area contributed by atoms with Gasteiger partial charge in [-0.1, -0.05) is 73.7 Å². The zero-order chi connectivity index (χ0) is 19.1. The van der Waals surface area contributed by atoms with Crippen molar-refractivity contribution < 1.29 is 4.74 Å². The molecule has 3 aromatic carbocycles. The molecule has 2 atom stereocenters. The Bertz CT molecular complexity index is 1040. The van der Waals surface area contributed by atoms with E-state index in [0.717, 1.165) is 24.3 Å². The molecule has 0 saturated heterocycles. The van der Waals surface area contributed by atoms with E-state index in [4.69, 9.17) is 9.84 Å². The third-order valence-corrected chi connectivity index (χ3v) is 5.85. The molecule has 0 unspecified atom stereocenters. The summed E-state index contributed by atoms with van der Waals surface area (Å²) in [7, 11) is 0. The number of ether oxygens (including phenoxy) is 1. The van der Waals surface area contributed by atoms with Gasteiger partial charge in [-0.15, -0.1) is 0 Å². The van der Waals surface area contributed by atoms with E-state index in [9.17, 15) is 0 Å². The van der Waals surface area contributed by atoms with Crippen LogP contribution in [0.5, 0.6) is 5.75 Å². The quantitative estimate of drug-likeness (QED) is 0.584. The van der Waals surface area contributed by atoms with Crippen molar-refractivity contribution >= 4 is 5.71 Å². The maximum Gasteiger partial charge on any atom is 0.214 e. The van der Waals surface area contributed by atoms with Gasteiger partial charge in [0.25, 0.3) is 0 Å². The van der Waals surface area contributed by atoms with Crippen LogP contribution in [0.25, 0.3) is 0 Å². The van der Waals surface area contributed by atoms with E-state index in [1.54, 1.807) is 0 Å². The van der Waals surface area contributed by atoms with E-state index in [1.165, 1.54) is 27.8 Å². The van der Waals surface area contributed by atoms with Crippen molar-refractivity contribution in [3.8, 4) is 5.75 Å². The van der Waals surface area contributed by atoms with E-state index < -0.39 is 0 Å². The Hall–Kier alpha value is -3.07. The van der Waals surface area contributed by atoms with Crippen molar-refractivity contribution in [3.63, 3.8) is 0 Å². The molecule has 5 rings (SSSR count). The number of hydrazone groups is 1. The number of aryl methyl sites for hydroxylation is 2. The number of rotatable bonds is 3. The standard InChI is InChI=1S/C25H24N2O/c1-3-18-12-14-19(15-13-18)22-16-23-21-10-6-7-11-24(21)28-25(27(23)26-22)20-9-5-4-8-17(20)2/h4-15,23,25H,3,16H2,1-2H3/t23-,25-/m1/s1. The Morgan fingerprint density at radius 1 is 0.929 bits per heavy atom. The average molecular weight is 368 g/mol. The molecule has 3 nitrogen and oxygen atoms in total. The molecule has 0 saturated carbocycles. The van der Waals surface area contributed by atoms with Crippen LogP contribution < -0.4 is 4.74 Å². The van der Waals surface area contributed by atoms with Crippen LogP contribution in [-0.4, -0.2) is 10.7 Å². The van der Waals surface area contributed by atoms with Crippen molar-refractivity contribution in [2.75, 3.05) is 0 Å². The molecule has 0 spiro atoms. The lowest BCUT2D eigenvalue weighted by Gasteiger charge is -2.38. The fourth-order valence-corrected chi connectivity index (χ4v) is 4.21. The molecule has 0 amide bonds. The molecule has 0 fully saturated rings. The molecule has 140 valence electrons. The second-order valence-corrected chi connectivity index (χ2v) is 7.56. The van der Waals surface area contributed by atoms with Gasteiger partial charge >= 0.3 is 0 Å². The first-order chi connectivity index (χ1) is 13.7. The summed E-state index contributed by atoms with van der Waals surface area (Å²) in [6.45, 7) is 4.32. The van der Waals surface area contributed by atoms with Gasteiger partial charge in [0, 0.05) is 17.5 Å². The van der Waals surface area contributed by atoms with Crippen LogP contribution in [0, 0.1) is 6.92 Å². The van der Waals surface area contributed by atoms with Crippen molar-refractivity contribution in [1.29, 1.82) is 0 Å². The summed E-state index contributed by atoms with van der Waals surface area (Å²) in [5, 5.41) is 7.22. The molecule has 3 aromatic rings. The van der Waals surface area contributed by atoms with Crippen molar-refractivity contribution in [2.45, 2.75) is 39.0 Å². The normalized spacial score (nSPS) is 20.2. The number of hydrogen-bond donors (Lipinski definition) is 0. The fourth-order valence-electron chi connectivity index (χ4n) is 4.21. The molecule has 0 aliphatic carbocycles. The minimum atomic E-state index is -0.200. The van der Waals surface area contributed by atoms with Crippen molar-refractivity contribution in [3.05, 3.63) is 101 Å². The molecular weight excluding hydrogens is 344 g/mol. The largest absolute Gasteiger partial charge is 0.464 e. The monoisotopic (exact) mass is 368 g/mol. The van der Waals surface area contributed by atoms with Gasteiger partial charge in [-0.2, -0.15) is 5.10 Å². The van der Waals surface area contributed by atoms with Crippen molar-refractivity contribution in [2.24, 2.45) is 5.10 Å². The lowest BCUT2D eigenvalue weighted by molar-refractivity contribution is -0.0194.